The number of nitrogens with zero attached hydrogens (tertiary/aromatic N) is 4. The van der Waals surface area contributed by atoms with E-state index in [1.54, 1.807) is 47.4 Å². The fraction of sp³-hybridized carbons (Fsp3) is 0.250. The summed E-state index contributed by atoms with van der Waals surface area (Å²) in [4.78, 5) is 27.3. The maximum Gasteiger partial charge on any atom is 0.234 e. The third kappa shape index (κ3) is 5.43. The predicted molar refractivity (Wildman–Crippen MR) is 151 cm³/mol. The highest BCUT2D eigenvalue weighted by Crippen LogP contribution is 2.47. The molecule has 1 aliphatic heterocycles. The normalized spacial score (nSPS) is 17.0. The Hall–Kier alpha value is -4.21. The molecule has 1 aromatic heterocycles. The molecule has 204 valence electrons. The fourth-order valence-electron chi connectivity index (χ4n) is 4.80. The van der Waals surface area contributed by atoms with E-state index in [2.05, 4.69) is 21.6 Å². The molecule has 12 heteroatoms. The van der Waals surface area contributed by atoms with E-state index in [0.29, 0.717) is 52.3 Å². The first-order valence-electron chi connectivity index (χ1n) is 12.6. The van der Waals surface area contributed by atoms with Crippen LogP contribution in [-0.2, 0) is 9.59 Å². The Bertz CT molecular complexity index is 1560. The number of rotatable bonds is 8. The molecule has 1 unspecified atom stereocenters. The molecular weight excluding hydrogens is 551 g/mol. The van der Waals surface area contributed by atoms with Gasteiger partial charge in [-0.3, -0.25) is 14.5 Å². The molecular formula is C28H25FN6O3S2. The second-order valence-electron chi connectivity index (χ2n) is 8.98. The average Bonchev–Trinajstić information content (AvgIpc) is 3.41. The molecule has 1 atom stereocenters. The Kier molecular flexibility index (Phi) is 8.14. The maximum absolute atomic E-state index is 14.9. The highest BCUT2D eigenvalue weighted by Gasteiger charge is 2.42. The minimum Gasteiger partial charge on any atom is -0.494 e. The highest BCUT2D eigenvalue weighted by molar-refractivity contribution is 8.01. The van der Waals surface area contributed by atoms with Gasteiger partial charge in [0.2, 0.25) is 11.0 Å². The Morgan fingerprint density at radius 3 is 2.75 bits per heavy atom. The molecule has 0 radical (unpaired) electrons. The predicted octanol–water partition coefficient (Wildman–Crippen LogP) is 5.11. The van der Waals surface area contributed by atoms with E-state index in [1.165, 1.54) is 29.2 Å². The number of hydrogen-bond donors (Lipinski definition) is 2. The molecule has 2 aromatic carbocycles. The number of allylic oxidation sites excluding steroid dienone is 3. The van der Waals surface area contributed by atoms with Crippen LogP contribution in [0.15, 0.2) is 75.5 Å². The number of Topliss-reactive ketones (excluding diaryl/α,β-unsaturated/α-hetero) is 1. The minimum absolute atomic E-state index is 0.0817. The monoisotopic (exact) mass is 576 g/mol. The van der Waals surface area contributed by atoms with Crippen LogP contribution >= 0.6 is 23.1 Å². The van der Waals surface area contributed by atoms with Crippen molar-refractivity contribution in [3.63, 3.8) is 0 Å². The van der Waals surface area contributed by atoms with Crippen molar-refractivity contribution in [1.82, 2.24) is 10.2 Å². The van der Waals surface area contributed by atoms with Crippen molar-refractivity contribution in [2.75, 3.05) is 22.6 Å². The second kappa shape index (κ2) is 11.9. The number of nitriles is 1. The van der Waals surface area contributed by atoms with Gasteiger partial charge in [0.1, 0.15) is 17.4 Å². The van der Waals surface area contributed by atoms with Crippen molar-refractivity contribution in [2.45, 2.75) is 36.4 Å². The summed E-state index contributed by atoms with van der Waals surface area (Å²) in [6, 6.07) is 15.3. The van der Waals surface area contributed by atoms with Crippen molar-refractivity contribution in [3.8, 4) is 11.8 Å². The number of benzene rings is 2. The third-order valence-corrected chi connectivity index (χ3v) is 8.53. The molecule has 0 saturated carbocycles. The van der Waals surface area contributed by atoms with E-state index in [-0.39, 0.29) is 34.4 Å². The van der Waals surface area contributed by atoms with E-state index >= 15 is 0 Å². The number of hydrogen-bond acceptors (Lipinski definition) is 10. The van der Waals surface area contributed by atoms with Gasteiger partial charge in [0.15, 0.2) is 10.1 Å². The smallest absolute Gasteiger partial charge is 0.234 e. The topological polar surface area (TPSA) is 134 Å². The molecule has 0 saturated heterocycles. The summed E-state index contributed by atoms with van der Waals surface area (Å²) in [5.41, 5.74) is 8.44. The number of aromatic nitrogens is 2. The number of carbonyl (C=O) groups excluding carboxylic acids is 2. The van der Waals surface area contributed by atoms with Crippen molar-refractivity contribution >= 4 is 45.6 Å². The number of carbonyl (C=O) groups is 2. The summed E-state index contributed by atoms with van der Waals surface area (Å²) in [6.07, 6.45) is 1.41. The first-order valence-corrected chi connectivity index (χ1v) is 14.4. The standard InChI is InChI=1S/C28H25FN6O3S2/c1-2-38-17-12-10-16(11-13-17)32-23(37)15-39-28-34-33-27(40-28)35-21-8-5-9-22(36)25(21)24(19(14-30)26(35)31)18-6-3-4-7-20(18)29/h3-4,6-7,10-13,24H,2,5,8-9,15,31H2,1H3,(H,32,37). The zero-order valence-electron chi connectivity index (χ0n) is 21.5. The van der Waals surface area contributed by atoms with Crippen molar-refractivity contribution < 1.29 is 18.7 Å². The van der Waals surface area contributed by atoms with Crippen LogP contribution in [0.1, 0.15) is 37.7 Å². The van der Waals surface area contributed by atoms with Crippen LogP contribution in [0, 0.1) is 17.1 Å². The number of nitrogens with two attached hydrogens (primary N) is 1. The Labute approximate surface area is 238 Å². The van der Waals surface area contributed by atoms with E-state index in [0.717, 1.165) is 5.75 Å². The lowest BCUT2D eigenvalue weighted by Gasteiger charge is -2.38. The molecule has 9 nitrogen and oxygen atoms in total. The van der Waals surface area contributed by atoms with E-state index in [4.69, 9.17) is 10.5 Å². The molecule has 2 heterocycles. The van der Waals surface area contributed by atoms with Gasteiger partial charge in [-0.1, -0.05) is 41.3 Å². The summed E-state index contributed by atoms with van der Waals surface area (Å²) in [5, 5.41) is 21.7. The number of ether oxygens (including phenoxy) is 1. The van der Waals surface area contributed by atoms with Crippen LogP contribution in [0.5, 0.6) is 5.75 Å². The molecule has 0 bridgehead atoms. The van der Waals surface area contributed by atoms with Crippen LogP contribution < -0.4 is 20.7 Å². The number of anilines is 2. The van der Waals surface area contributed by atoms with Crippen molar-refractivity contribution in [1.29, 1.82) is 5.26 Å². The van der Waals surface area contributed by atoms with Gasteiger partial charge < -0.3 is 15.8 Å². The van der Waals surface area contributed by atoms with Gasteiger partial charge in [-0.25, -0.2) is 4.39 Å². The van der Waals surface area contributed by atoms with Crippen LogP contribution in [0.25, 0.3) is 0 Å². The highest BCUT2D eigenvalue weighted by atomic mass is 32.2. The summed E-state index contributed by atoms with van der Waals surface area (Å²) in [7, 11) is 0. The van der Waals surface area contributed by atoms with Gasteiger partial charge in [0.05, 0.1) is 29.9 Å². The summed E-state index contributed by atoms with van der Waals surface area (Å²) in [6.45, 7) is 2.46. The zero-order chi connectivity index (χ0) is 28.2. The summed E-state index contributed by atoms with van der Waals surface area (Å²) < 4.78 is 20.8. The Morgan fingerprint density at radius 1 is 1.25 bits per heavy atom. The second-order valence-corrected chi connectivity index (χ2v) is 11.2. The lowest BCUT2D eigenvalue weighted by Crippen LogP contribution is -2.38. The first kappa shape index (κ1) is 27.4. The molecule has 1 amide bonds. The first-order chi connectivity index (χ1) is 19.4. The van der Waals surface area contributed by atoms with Crippen LogP contribution in [0.3, 0.4) is 0 Å². The van der Waals surface area contributed by atoms with E-state index in [1.807, 2.05) is 6.92 Å². The average molecular weight is 577 g/mol. The largest absolute Gasteiger partial charge is 0.494 e. The van der Waals surface area contributed by atoms with Crippen LogP contribution in [-0.4, -0.2) is 34.2 Å². The molecule has 3 N–H and O–H groups in total. The number of amides is 1. The van der Waals surface area contributed by atoms with E-state index in [9.17, 15) is 19.2 Å². The maximum atomic E-state index is 14.9. The molecule has 0 fully saturated rings. The number of thioether (sulfide) groups is 1. The lowest BCUT2D eigenvalue weighted by atomic mass is 9.75. The van der Waals surface area contributed by atoms with E-state index < -0.39 is 11.7 Å². The molecule has 5 rings (SSSR count). The number of halogens is 1. The molecule has 0 spiro atoms. The Morgan fingerprint density at radius 2 is 2.02 bits per heavy atom. The number of ketones is 1. The minimum atomic E-state index is -0.890. The zero-order valence-corrected chi connectivity index (χ0v) is 23.2. The van der Waals surface area contributed by atoms with Gasteiger partial charge in [-0.2, -0.15) is 5.26 Å². The fourth-order valence-corrected chi connectivity index (χ4v) is 6.48. The van der Waals surface area contributed by atoms with Gasteiger partial charge >= 0.3 is 0 Å². The van der Waals surface area contributed by atoms with Crippen LogP contribution in [0.4, 0.5) is 15.2 Å². The van der Waals surface area contributed by atoms with Gasteiger partial charge in [0.25, 0.3) is 0 Å². The lowest BCUT2D eigenvalue weighted by molar-refractivity contribution is -0.116. The quantitative estimate of drug-likeness (QED) is 0.351. The van der Waals surface area contributed by atoms with Gasteiger partial charge in [0, 0.05) is 28.9 Å². The molecule has 3 aromatic rings. The van der Waals surface area contributed by atoms with Crippen LogP contribution in [0.2, 0.25) is 0 Å². The van der Waals surface area contributed by atoms with Crippen molar-refractivity contribution in [2.24, 2.45) is 5.73 Å². The van der Waals surface area contributed by atoms with Gasteiger partial charge in [-0.05, 0) is 50.1 Å². The molecule has 40 heavy (non-hydrogen) atoms. The summed E-state index contributed by atoms with van der Waals surface area (Å²) >= 11 is 2.40. The number of nitrogens with one attached hydrogen (secondary N) is 1. The molecule has 1 aliphatic carbocycles. The molecule has 2 aliphatic rings. The third-order valence-electron chi connectivity index (χ3n) is 6.49. The summed E-state index contributed by atoms with van der Waals surface area (Å²) in [5.74, 6) is -0.859. The van der Waals surface area contributed by atoms with Crippen molar-refractivity contribution in [3.05, 3.63) is 82.6 Å². The SMILES string of the molecule is CCOc1ccc(NC(=O)CSc2nnc(N3C(N)=C(C#N)C(c4ccccc4F)C4=C3CCCC4=O)s2)cc1. The van der Waals surface area contributed by atoms with Gasteiger partial charge in [-0.15, -0.1) is 10.2 Å². The Balaban J connectivity index is 1.37.